The lowest BCUT2D eigenvalue weighted by Crippen LogP contribution is -2.26. The molecule has 21 heavy (non-hydrogen) atoms. The number of rotatable bonds is 2. The van der Waals surface area contributed by atoms with Gasteiger partial charge < -0.3 is 10.0 Å². The maximum absolute atomic E-state index is 13.0. The summed E-state index contributed by atoms with van der Waals surface area (Å²) in [5, 5.41) is 9.07. The largest absolute Gasteiger partial charge is 0.416 e. The minimum atomic E-state index is -4.43. The molecule has 1 atom stereocenters. The molecule has 1 unspecified atom stereocenters. The normalized spacial score (nSPS) is 20.1. The van der Waals surface area contributed by atoms with E-state index in [9.17, 15) is 13.2 Å². The van der Waals surface area contributed by atoms with E-state index in [2.05, 4.69) is 20.8 Å². The number of anilines is 1. The smallest absolute Gasteiger partial charge is 0.392 e. The third-order valence-corrected chi connectivity index (χ3v) is 4.35. The van der Waals surface area contributed by atoms with Gasteiger partial charge in [0, 0.05) is 18.8 Å². The summed E-state index contributed by atoms with van der Waals surface area (Å²) in [6.45, 7) is 7.45. The van der Waals surface area contributed by atoms with Crippen LogP contribution in [0.5, 0.6) is 0 Å². The monoisotopic (exact) mass is 301 g/mol. The van der Waals surface area contributed by atoms with E-state index in [0.29, 0.717) is 11.6 Å². The van der Waals surface area contributed by atoms with Gasteiger partial charge in [-0.3, -0.25) is 0 Å². The molecule has 1 aliphatic rings. The van der Waals surface area contributed by atoms with Crippen LogP contribution >= 0.6 is 0 Å². The number of halogens is 3. The van der Waals surface area contributed by atoms with Gasteiger partial charge in [-0.15, -0.1) is 0 Å². The van der Waals surface area contributed by atoms with Crippen molar-refractivity contribution in [2.75, 3.05) is 18.0 Å². The van der Waals surface area contributed by atoms with Crippen LogP contribution in [0, 0.1) is 11.3 Å². The Hall–Kier alpha value is -1.23. The van der Waals surface area contributed by atoms with Gasteiger partial charge in [-0.25, -0.2) is 0 Å². The zero-order valence-corrected chi connectivity index (χ0v) is 12.7. The maximum atomic E-state index is 13.0. The highest BCUT2D eigenvalue weighted by Gasteiger charge is 2.35. The summed E-state index contributed by atoms with van der Waals surface area (Å²) in [4.78, 5) is 2.01. The minimum absolute atomic E-state index is 0.0715. The Balaban J connectivity index is 2.26. The van der Waals surface area contributed by atoms with E-state index >= 15 is 0 Å². The molecule has 1 aliphatic heterocycles. The number of hydrogen-bond donors (Lipinski definition) is 1. The van der Waals surface area contributed by atoms with Gasteiger partial charge in [0.15, 0.2) is 0 Å². The molecule has 0 aliphatic carbocycles. The van der Waals surface area contributed by atoms with Crippen molar-refractivity contribution in [3.05, 3.63) is 29.3 Å². The second-order valence-corrected chi connectivity index (χ2v) is 6.79. The first-order chi connectivity index (χ1) is 9.63. The third-order valence-electron chi connectivity index (χ3n) is 4.35. The van der Waals surface area contributed by atoms with Crippen molar-refractivity contribution in [1.82, 2.24) is 0 Å². The van der Waals surface area contributed by atoms with Gasteiger partial charge in [-0.2, -0.15) is 13.2 Å². The second-order valence-electron chi connectivity index (χ2n) is 6.79. The lowest BCUT2D eigenvalue weighted by Gasteiger charge is -2.28. The summed E-state index contributed by atoms with van der Waals surface area (Å²) in [7, 11) is 0. The molecule has 0 radical (unpaired) electrons. The Morgan fingerprint density at radius 2 is 1.90 bits per heavy atom. The molecule has 1 heterocycles. The van der Waals surface area contributed by atoms with Crippen LogP contribution in [-0.2, 0) is 12.8 Å². The Bertz CT molecular complexity index is 505. The van der Waals surface area contributed by atoms with Crippen LogP contribution in [0.3, 0.4) is 0 Å². The first kappa shape index (κ1) is 16.1. The summed E-state index contributed by atoms with van der Waals surface area (Å²) in [6.07, 6.45) is -3.44. The molecule has 2 rings (SSSR count). The van der Waals surface area contributed by atoms with Crippen LogP contribution in [0.1, 0.15) is 38.3 Å². The summed E-state index contributed by atoms with van der Waals surface area (Å²) >= 11 is 0. The van der Waals surface area contributed by atoms with E-state index < -0.39 is 18.3 Å². The minimum Gasteiger partial charge on any atom is -0.392 e. The van der Waals surface area contributed by atoms with Crippen molar-refractivity contribution in [3.8, 4) is 0 Å². The molecule has 0 amide bonds. The molecule has 1 saturated heterocycles. The maximum Gasteiger partial charge on any atom is 0.416 e. The van der Waals surface area contributed by atoms with Gasteiger partial charge in [-0.1, -0.05) is 26.8 Å². The molecule has 1 N–H and O–H groups in total. The Kier molecular flexibility index (Phi) is 4.24. The predicted molar refractivity (Wildman–Crippen MR) is 77.1 cm³/mol. The van der Waals surface area contributed by atoms with E-state index in [1.54, 1.807) is 6.07 Å². The SMILES string of the molecule is CC(C)(C)C1CCN(c2ccc(CO)c(C(F)(F)F)c2)C1. The van der Waals surface area contributed by atoms with Crippen LogP contribution in [0.15, 0.2) is 18.2 Å². The first-order valence-corrected chi connectivity index (χ1v) is 7.19. The average molecular weight is 301 g/mol. The summed E-state index contributed by atoms with van der Waals surface area (Å²) < 4.78 is 39.1. The highest BCUT2D eigenvalue weighted by atomic mass is 19.4. The fourth-order valence-corrected chi connectivity index (χ4v) is 2.86. The van der Waals surface area contributed by atoms with E-state index in [1.165, 1.54) is 6.07 Å². The summed E-state index contributed by atoms with van der Waals surface area (Å²) in [5.74, 6) is 0.476. The fraction of sp³-hybridized carbons (Fsp3) is 0.625. The Morgan fingerprint density at radius 3 is 2.38 bits per heavy atom. The quantitative estimate of drug-likeness (QED) is 0.890. The highest BCUT2D eigenvalue weighted by molar-refractivity contribution is 5.52. The molecule has 1 aromatic rings. The average Bonchev–Trinajstić information content (AvgIpc) is 2.86. The van der Waals surface area contributed by atoms with Crippen LogP contribution in [0.25, 0.3) is 0 Å². The van der Waals surface area contributed by atoms with Gasteiger partial charge >= 0.3 is 6.18 Å². The highest BCUT2D eigenvalue weighted by Crippen LogP contribution is 2.38. The van der Waals surface area contributed by atoms with Crippen molar-refractivity contribution in [1.29, 1.82) is 0 Å². The molecule has 0 spiro atoms. The predicted octanol–water partition coefficient (Wildman–Crippen LogP) is 4.07. The lowest BCUT2D eigenvalue weighted by molar-refractivity contribution is -0.138. The zero-order chi connectivity index (χ0) is 15.8. The Morgan fingerprint density at radius 1 is 1.24 bits per heavy atom. The third kappa shape index (κ3) is 3.51. The summed E-state index contributed by atoms with van der Waals surface area (Å²) in [5.41, 5.74) is -0.0575. The number of alkyl halides is 3. The van der Waals surface area contributed by atoms with Crippen molar-refractivity contribution in [3.63, 3.8) is 0 Å². The van der Waals surface area contributed by atoms with Crippen molar-refractivity contribution in [2.45, 2.75) is 40.0 Å². The van der Waals surface area contributed by atoms with Crippen LogP contribution in [0.2, 0.25) is 0 Å². The standard InChI is InChI=1S/C16H22F3NO/c1-15(2,3)12-6-7-20(9-12)13-5-4-11(10-21)14(8-13)16(17,18)19/h4-5,8,12,21H,6-7,9-10H2,1-3H3. The zero-order valence-electron chi connectivity index (χ0n) is 12.7. The van der Waals surface area contributed by atoms with Crippen LogP contribution in [-0.4, -0.2) is 18.2 Å². The van der Waals surface area contributed by atoms with Gasteiger partial charge in [0.05, 0.1) is 12.2 Å². The lowest BCUT2D eigenvalue weighted by atomic mass is 9.80. The Labute approximate surface area is 123 Å². The second kappa shape index (κ2) is 5.52. The molecular formula is C16H22F3NO. The van der Waals surface area contributed by atoms with Crippen molar-refractivity contribution in [2.24, 2.45) is 11.3 Å². The van der Waals surface area contributed by atoms with Crippen molar-refractivity contribution >= 4 is 5.69 Å². The summed E-state index contributed by atoms with van der Waals surface area (Å²) in [6, 6.07) is 4.21. The number of aliphatic hydroxyl groups excluding tert-OH is 1. The van der Waals surface area contributed by atoms with Gasteiger partial charge in [0.2, 0.25) is 0 Å². The molecule has 0 saturated carbocycles. The van der Waals surface area contributed by atoms with E-state index in [1.807, 2.05) is 4.90 Å². The number of aliphatic hydroxyl groups is 1. The van der Waals surface area contributed by atoms with Gasteiger partial charge in [0.25, 0.3) is 0 Å². The molecule has 118 valence electrons. The molecule has 0 bridgehead atoms. The van der Waals surface area contributed by atoms with Gasteiger partial charge in [0.1, 0.15) is 0 Å². The topological polar surface area (TPSA) is 23.5 Å². The number of hydrogen-bond acceptors (Lipinski definition) is 2. The molecule has 2 nitrogen and oxygen atoms in total. The molecule has 0 aromatic heterocycles. The van der Waals surface area contributed by atoms with E-state index in [4.69, 9.17) is 5.11 Å². The van der Waals surface area contributed by atoms with Gasteiger partial charge in [-0.05, 0) is 35.4 Å². The molecule has 1 aromatic carbocycles. The van der Waals surface area contributed by atoms with Crippen LogP contribution < -0.4 is 4.90 Å². The molecule has 1 fully saturated rings. The van der Waals surface area contributed by atoms with E-state index in [-0.39, 0.29) is 11.0 Å². The van der Waals surface area contributed by atoms with E-state index in [0.717, 1.165) is 25.6 Å². The first-order valence-electron chi connectivity index (χ1n) is 7.19. The van der Waals surface area contributed by atoms with Crippen molar-refractivity contribution < 1.29 is 18.3 Å². The molecule has 5 heteroatoms. The fourth-order valence-electron chi connectivity index (χ4n) is 2.86. The van der Waals surface area contributed by atoms with Crippen LogP contribution in [0.4, 0.5) is 18.9 Å². The number of benzene rings is 1. The number of nitrogens with zero attached hydrogens (tertiary/aromatic N) is 1. The molecular weight excluding hydrogens is 279 g/mol.